The molecule has 0 saturated heterocycles. The Kier molecular flexibility index (Phi) is 25.3. The van der Waals surface area contributed by atoms with Crippen LogP contribution >= 0.6 is 8.25 Å². The van der Waals surface area contributed by atoms with E-state index in [-0.39, 0.29) is 21.1 Å². The largest absolute Gasteiger partial charge is 0.326 e. The molecule has 0 saturated carbocycles. The molecule has 0 bridgehead atoms. The van der Waals surface area contributed by atoms with E-state index in [0.717, 1.165) is 12.8 Å². The molecule has 1 N–H and O–H groups in total. The molecule has 0 spiro atoms. The maximum atomic E-state index is 10.3. The average Bonchev–Trinajstić information content (AvgIpc) is 2.50. The van der Waals surface area contributed by atoms with Crippen molar-refractivity contribution in [2.24, 2.45) is 0 Å². The summed E-state index contributed by atoms with van der Waals surface area (Å²) in [5, 5.41) is 0. The van der Waals surface area contributed by atoms with Crippen molar-refractivity contribution in [3.8, 4) is 0 Å². The maximum Gasteiger partial charge on any atom is 0.316 e. The van der Waals surface area contributed by atoms with E-state index in [1.54, 1.807) is 0 Å². The molecule has 0 radical (unpaired) electrons. The molecule has 0 aliphatic rings. The second-order valence-corrected chi connectivity index (χ2v) is 6.87. The first kappa shape index (κ1) is 25.8. The van der Waals surface area contributed by atoms with Gasteiger partial charge < -0.3 is 9.42 Å². The molecule has 3 nitrogen and oxygen atoms in total. The van der Waals surface area contributed by atoms with E-state index in [1.165, 1.54) is 77.0 Å². The van der Waals surface area contributed by atoms with E-state index in [4.69, 9.17) is 4.89 Å². The van der Waals surface area contributed by atoms with E-state index >= 15 is 0 Å². The monoisotopic (exact) mass is 430 g/mol. The Morgan fingerprint density at radius 1 is 0.783 bits per heavy atom. The van der Waals surface area contributed by atoms with Crippen LogP contribution in [0, 0.1) is 0 Å². The molecular formula is C18H37MoO3P. The summed E-state index contributed by atoms with van der Waals surface area (Å²) in [5.41, 5.74) is 0. The molecule has 0 rings (SSSR count). The summed E-state index contributed by atoms with van der Waals surface area (Å²) in [6.45, 7) is 2.69. The molecule has 0 aromatic heterocycles. The summed E-state index contributed by atoms with van der Waals surface area (Å²) < 4.78 is 15.0. The Bertz CT molecular complexity index is 273. The third-order valence-electron chi connectivity index (χ3n) is 3.88. The number of hydrogen-bond donors (Lipinski definition) is 1. The van der Waals surface area contributed by atoms with E-state index in [2.05, 4.69) is 23.6 Å². The molecule has 5 heteroatoms. The van der Waals surface area contributed by atoms with Gasteiger partial charge >= 0.3 is 8.25 Å². The van der Waals surface area contributed by atoms with Gasteiger partial charge in [0, 0.05) is 21.1 Å². The van der Waals surface area contributed by atoms with Gasteiger partial charge in [0.2, 0.25) is 0 Å². The molecular weight excluding hydrogens is 391 g/mol. The van der Waals surface area contributed by atoms with Gasteiger partial charge in [-0.15, -0.1) is 0 Å². The van der Waals surface area contributed by atoms with Gasteiger partial charge in [0.25, 0.3) is 0 Å². The Hall–Kier alpha value is 0.578. The third kappa shape index (κ3) is 24.9. The zero-order valence-electron chi connectivity index (χ0n) is 14.9. The Morgan fingerprint density at radius 2 is 1.22 bits per heavy atom. The van der Waals surface area contributed by atoms with Crippen molar-refractivity contribution >= 4 is 8.25 Å². The van der Waals surface area contributed by atoms with Crippen LogP contribution < -0.4 is 0 Å². The average molecular weight is 428 g/mol. The predicted molar refractivity (Wildman–Crippen MR) is 96.6 cm³/mol. The van der Waals surface area contributed by atoms with Crippen molar-refractivity contribution in [3.63, 3.8) is 0 Å². The molecule has 0 aromatic carbocycles. The number of hydrogen-bond acceptors (Lipinski definition) is 2. The predicted octanol–water partition coefficient (Wildman–Crippen LogP) is 6.42. The molecule has 138 valence electrons. The summed E-state index contributed by atoms with van der Waals surface area (Å²) >= 11 is 0. The van der Waals surface area contributed by atoms with Crippen molar-refractivity contribution in [2.75, 3.05) is 6.61 Å². The minimum Gasteiger partial charge on any atom is -0.326 e. The number of unbranched alkanes of at least 4 members (excludes halogenated alkanes) is 12. The first-order chi connectivity index (χ1) is 10.8. The minimum absolute atomic E-state index is 0. The quantitative estimate of drug-likeness (QED) is 0.126. The van der Waals surface area contributed by atoms with Crippen LogP contribution in [0.1, 0.15) is 96.8 Å². The van der Waals surface area contributed by atoms with Gasteiger partial charge in [0.1, 0.15) is 0 Å². The molecule has 0 aliphatic heterocycles. The van der Waals surface area contributed by atoms with Crippen molar-refractivity contribution in [2.45, 2.75) is 96.8 Å². The fourth-order valence-corrected chi connectivity index (χ4v) is 2.83. The van der Waals surface area contributed by atoms with Gasteiger partial charge in [-0.2, -0.15) is 0 Å². The van der Waals surface area contributed by atoms with Gasteiger partial charge in [0.05, 0.1) is 6.61 Å². The van der Waals surface area contributed by atoms with Crippen molar-refractivity contribution in [1.82, 2.24) is 0 Å². The molecule has 0 heterocycles. The Morgan fingerprint density at radius 3 is 1.70 bits per heavy atom. The van der Waals surface area contributed by atoms with Crippen molar-refractivity contribution in [1.29, 1.82) is 0 Å². The summed E-state index contributed by atoms with van der Waals surface area (Å²) in [6.07, 6.45) is 22.5. The summed E-state index contributed by atoms with van der Waals surface area (Å²) in [6, 6.07) is 0. The molecule has 0 fully saturated rings. The van der Waals surface area contributed by atoms with Gasteiger partial charge in [-0.25, -0.2) is 0 Å². The van der Waals surface area contributed by atoms with Gasteiger partial charge in [-0.05, 0) is 32.1 Å². The first-order valence-corrected chi connectivity index (χ1v) is 10.5. The smallest absolute Gasteiger partial charge is 0.316 e. The first-order valence-electron chi connectivity index (χ1n) is 9.28. The molecule has 0 aromatic rings. The van der Waals surface area contributed by atoms with Crippen LogP contribution in [0.15, 0.2) is 12.2 Å². The standard InChI is InChI=1S/C18H37O3P.Mo/c1-2-3-4-5-6-7-8-9-10-11-12-13-14-15-16-17-18-21-22(19)20;/h9-10,22H,2-8,11-18H2,1H3,(H,19,20);/b10-9-;. The minimum atomic E-state index is -2.71. The van der Waals surface area contributed by atoms with Crippen molar-refractivity contribution < 1.29 is 35.0 Å². The van der Waals surface area contributed by atoms with Crippen LogP contribution in [0.4, 0.5) is 0 Å². The van der Waals surface area contributed by atoms with Gasteiger partial charge in [-0.1, -0.05) is 76.9 Å². The van der Waals surface area contributed by atoms with Crippen LogP contribution in [0.2, 0.25) is 0 Å². The normalized spacial score (nSPS) is 12.4. The summed E-state index contributed by atoms with van der Waals surface area (Å²) in [5.74, 6) is 0. The number of allylic oxidation sites excluding steroid dienone is 2. The molecule has 1 unspecified atom stereocenters. The van der Waals surface area contributed by atoms with E-state index in [0.29, 0.717) is 6.61 Å². The van der Waals surface area contributed by atoms with E-state index < -0.39 is 8.25 Å². The zero-order valence-corrected chi connectivity index (χ0v) is 17.9. The molecule has 23 heavy (non-hydrogen) atoms. The summed E-state index contributed by atoms with van der Waals surface area (Å²) in [7, 11) is -2.71. The van der Waals surface area contributed by atoms with Crippen molar-refractivity contribution in [3.05, 3.63) is 12.2 Å². The fourth-order valence-electron chi connectivity index (χ4n) is 2.51. The second-order valence-electron chi connectivity index (χ2n) is 6.05. The van der Waals surface area contributed by atoms with Gasteiger partial charge in [0.15, 0.2) is 0 Å². The van der Waals surface area contributed by atoms with E-state index in [9.17, 15) is 4.57 Å². The SMILES string of the molecule is CCCCCCCC/C=C\CCCCCCCCO[PH](=O)O.[Mo]. The van der Waals surface area contributed by atoms with Crippen LogP contribution in [-0.2, 0) is 30.2 Å². The van der Waals surface area contributed by atoms with Crippen LogP contribution in [0.3, 0.4) is 0 Å². The zero-order chi connectivity index (χ0) is 16.3. The molecule has 0 aliphatic carbocycles. The Labute approximate surface area is 158 Å². The number of rotatable bonds is 17. The summed E-state index contributed by atoms with van der Waals surface area (Å²) in [4.78, 5) is 8.50. The third-order valence-corrected chi connectivity index (χ3v) is 4.33. The maximum absolute atomic E-state index is 10.3. The van der Waals surface area contributed by atoms with Gasteiger partial charge in [-0.3, -0.25) is 4.57 Å². The second kappa shape index (κ2) is 22.6. The van der Waals surface area contributed by atoms with E-state index in [1.807, 2.05) is 0 Å². The molecule has 0 amide bonds. The van der Waals surface area contributed by atoms with Crippen LogP contribution in [0.5, 0.6) is 0 Å². The molecule has 1 atom stereocenters. The van der Waals surface area contributed by atoms with Crippen LogP contribution in [-0.4, -0.2) is 11.5 Å². The fraction of sp³-hybridized carbons (Fsp3) is 0.889. The van der Waals surface area contributed by atoms with Crippen LogP contribution in [0.25, 0.3) is 0 Å². The topological polar surface area (TPSA) is 46.5 Å². The Balaban J connectivity index is 0.